The molecule has 0 saturated heterocycles. The van der Waals surface area contributed by atoms with Crippen LogP contribution < -0.4 is 16.0 Å². The lowest BCUT2D eigenvalue weighted by molar-refractivity contribution is -0.135. The molecule has 0 radical (unpaired) electrons. The summed E-state index contributed by atoms with van der Waals surface area (Å²) in [5, 5.41) is 7.78. The fraction of sp³-hybridized carbons (Fsp3) is 0.800. The third kappa shape index (κ3) is 12.6. The number of alkyl carbamates (subject to hydrolysis) is 1. The maximum absolute atomic E-state index is 12.8. The number of hydrogen-bond acceptors (Lipinski definition) is 6. The molecule has 2 atom stereocenters. The quantitative estimate of drug-likeness (QED) is 0.441. The van der Waals surface area contributed by atoms with Crippen molar-refractivity contribution < 1.29 is 23.9 Å². The number of thioether (sulfide) groups is 1. The molecule has 0 aromatic carbocycles. The van der Waals surface area contributed by atoms with Gasteiger partial charge >= 0.3 is 6.09 Å². The molecule has 0 spiro atoms. The van der Waals surface area contributed by atoms with Gasteiger partial charge < -0.3 is 25.6 Å². The van der Waals surface area contributed by atoms with E-state index in [-0.39, 0.29) is 18.4 Å². The maximum atomic E-state index is 12.8. The molecule has 0 saturated carbocycles. The molecule has 9 nitrogen and oxygen atoms in total. The van der Waals surface area contributed by atoms with E-state index in [1.807, 2.05) is 20.1 Å². The van der Waals surface area contributed by atoms with Gasteiger partial charge in [0, 0.05) is 14.1 Å². The molecule has 10 heteroatoms. The van der Waals surface area contributed by atoms with Gasteiger partial charge in [0.05, 0.1) is 0 Å². The lowest BCUT2D eigenvalue weighted by Gasteiger charge is -2.26. The van der Waals surface area contributed by atoms with E-state index in [4.69, 9.17) is 4.74 Å². The molecule has 3 N–H and O–H groups in total. The summed E-state index contributed by atoms with van der Waals surface area (Å²) < 4.78 is 5.09. The van der Waals surface area contributed by atoms with Crippen molar-refractivity contribution in [2.45, 2.75) is 65.1 Å². The number of ether oxygens (including phenoxy) is 1. The summed E-state index contributed by atoms with van der Waals surface area (Å²) in [5.74, 6) is -0.282. The van der Waals surface area contributed by atoms with Crippen LogP contribution in [-0.4, -0.2) is 79.0 Å². The van der Waals surface area contributed by atoms with Gasteiger partial charge in [0.25, 0.3) is 0 Å². The summed E-state index contributed by atoms with van der Waals surface area (Å²) >= 11 is 1.59. The molecule has 0 aromatic heterocycles. The lowest BCUT2D eigenvalue weighted by Crippen LogP contribution is -2.55. The van der Waals surface area contributed by atoms with E-state index in [1.54, 1.807) is 46.6 Å². The zero-order valence-electron chi connectivity index (χ0n) is 19.5. The minimum absolute atomic E-state index is 0.133. The first-order chi connectivity index (χ1) is 13.8. The van der Waals surface area contributed by atoms with Gasteiger partial charge in [-0.1, -0.05) is 13.8 Å². The average Bonchev–Trinajstić information content (AvgIpc) is 2.60. The fourth-order valence-electron chi connectivity index (χ4n) is 2.49. The van der Waals surface area contributed by atoms with Crippen LogP contribution in [-0.2, 0) is 19.1 Å². The number of hydrogen-bond donors (Lipinski definition) is 3. The first-order valence-electron chi connectivity index (χ1n) is 10.0. The van der Waals surface area contributed by atoms with Crippen molar-refractivity contribution in [3.05, 3.63) is 0 Å². The van der Waals surface area contributed by atoms with Gasteiger partial charge in [0.2, 0.25) is 17.7 Å². The number of amides is 4. The Morgan fingerprint density at radius 1 is 1.03 bits per heavy atom. The van der Waals surface area contributed by atoms with Crippen molar-refractivity contribution >= 4 is 35.6 Å². The Balaban J connectivity index is 5.02. The number of rotatable bonds is 11. The van der Waals surface area contributed by atoms with Gasteiger partial charge in [-0.3, -0.25) is 14.4 Å². The fourth-order valence-corrected chi connectivity index (χ4v) is 2.96. The van der Waals surface area contributed by atoms with Gasteiger partial charge in [-0.15, -0.1) is 0 Å². The van der Waals surface area contributed by atoms with Crippen molar-refractivity contribution in [1.29, 1.82) is 0 Å². The van der Waals surface area contributed by atoms with Crippen molar-refractivity contribution in [3.8, 4) is 0 Å². The van der Waals surface area contributed by atoms with Crippen LogP contribution in [0, 0.1) is 5.92 Å². The van der Waals surface area contributed by atoms with Crippen LogP contribution in [0.5, 0.6) is 0 Å². The van der Waals surface area contributed by atoms with Crippen molar-refractivity contribution in [2.24, 2.45) is 5.92 Å². The van der Waals surface area contributed by atoms with Gasteiger partial charge in [-0.05, 0) is 51.5 Å². The van der Waals surface area contributed by atoms with E-state index in [9.17, 15) is 19.2 Å². The summed E-state index contributed by atoms with van der Waals surface area (Å²) in [4.78, 5) is 50.6. The number of likely N-dealkylation sites (N-methyl/N-ethyl adjacent to an activating group) is 1. The highest BCUT2D eigenvalue weighted by molar-refractivity contribution is 7.98. The van der Waals surface area contributed by atoms with E-state index in [1.165, 1.54) is 4.90 Å². The Hall–Kier alpha value is -1.97. The van der Waals surface area contributed by atoms with Crippen LogP contribution in [0.3, 0.4) is 0 Å². The monoisotopic (exact) mass is 446 g/mol. The molecule has 0 aromatic rings. The molecule has 0 aliphatic carbocycles. The van der Waals surface area contributed by atoms with E-state index >= 15 is 0 Å². The standard InChI is InChI=1S/C20H38N4O5S/c1-13(2)11-15(22-16(25)12-21-19(28)29-20(3,4)5)17(26)23-14(9-10-30-8)18(27)24(6)7/h13-15H,9-12H2,1-8H3,(H,21,28)(H,22,25)(H,23,26)/t14-,15+/m0/s1. The second kappa shape index (κ2) is 13.4. The Kier molecular flexibility index (Phi) is 12.5. The average molecular weight is 447 g/mol. The van der Waals surface area contributed by atoms with E-state index in [2.05, 4.69) is 16.0 Å². The molecule has 174 valence electrons. The van der Waals surface area contributed by atoms with Crippen LogP contribution >= 0.6 is 11.8 Å². The molecule has 0 bridgehead atoms. The predicted octanol–water partition coefficient (Wildman–Crippen LogP) is 1.37. The molecule has 0 aliphatic rings. The maximum Gasteiger partial charge on any atom is 0.408 e. The topological polar surface area (TPSA) is 117 Å². The third-order valence-electron chi connectivity index (χ3n) is 3.82. The first-order valence-corrected chi connectivity index (χ1v) is 11.4. The first kappa shape index (κ1) is 28.0. The Morgan fingerprint density at radius 2 is 1.63 bits per heavy atom. The lowest BCUT2D eigenvalue weighted by atomic mass is 10.0. The highest BCUT2D eigenvalue weighted by Gasteiger charge is 2.28. The van der Waals surface area contributed by atoms with E-state index in [0.29, 0.717) is 18.6 Å². The van der Waals surface area contributed by atoms with Crippen LogP contribution in [0.15, 0.2) is 0 Å². The number of carbonyl (C=O) groups is 4. The van der Waals surface area contributed by atoms with Gasteiger partial charge in [0.15, 0.2) is 0 Å². The molecular weight excluding hydrogens is 408 g/mol. The molecule has 4 amide bonds. The second-order valence-corrected chi connectivity index (χ2v) is 9.67. The molecule has 0 aliphatic heterocycles. The number of carbonyl (C=O) groups excluding carboxylic acids is 4. The zero-order valence-corrected chi connectivity index (χ0v) is 20.3. The van der Waals surface area contributed by atoms with Crippen LogP contribution in [0.25, 0.3) is 0 Å². The van der Waals surface area contributed by atoms with Gasteiger partial charge in [0.1, 0.15) is 24.2 Å². The largest absolute Gasteiger partial charge is 0.444 e. The molecular formula is C20H38N4O5S. The highest BCUT2D eigenvalue weighted by atomic mass is 32.2. The van der Waals surface area contributed by atoms with Crippen molar-refractivity contribution in [2.75, 3.05) is 32.6 Å². The minimum Gasteiger partial charge on any atom is -0.444 e. The Labute approximate surface area is 184 Å². The molecule has 30 heavy (non-hydrogen) atoms. The number of nitrogens with zero attached hydrogens (tertiary/aromatic N) is 1. The van der Waals surface area contributed by atoms with Gasteiger partial charge in [-0.2, -0.15) is 11.8 Å². The molecule has 0 rings (SSSR count). The summed E-state index contributed by atoms with van der Waals surface area (Å²) in [6.45, 7) is 8.71. The predicted molar refractivity (Wildman–Crippen MR) is 119 cm³/mol. The van der Waals surface area contributed by atoms with E-state index in [0.717, 1.165) is 0 Å². The summed E-state index contributed by atoms with van der Waals surface area (Å²) in [5.41, 5.74) is -0.675. The summed E-state index contributed by atoms with van der Waals surface area (Å²) in [6.07, 6.45) is 2.11. The van der Waals surface area contributed by atoms with Crippen LogP contribution in [0.2, 0.25) is 0 Å². The summed E-state index contributed by atoms with van der Waals surface area (Å²) in [6, 6.07) is -1.48. The minimum atomic E-state index is -0.815. The Morgan fingerprint density at radius 3 is 2.10 bits per heavy atom. The van der Waals surface area contributed by atoms with Gasteiger partial charge in [-0.25, -0.2) is 4.79 Å². The Bertz CT molecular complexity index is 590. The van der Waals surface area contributed by atoms with Crippen LogP contribution in [0.4, 0.5) is 4.79 Å². The normalized spacial score (nSPS) is 13.2. The molecule has 0 fully saturated rings. The zero-order chi connectivity index (χ0) is 23.5. The van der Waals surface area contributed by atoms with E-state index < -0.39 is 35.6 Å². The molecule has 0 heterocycles. The number of nitrogens with one attached hydrogen (secondary N) is 3. The third-order valence-corrected chi connectivity index (χ3v) is 4.46. The smallest absolute Gasteiger partial charge is 0.408 e. The van der Waals surface area contributed by atoms with Crippen LogP contribution in [0.1, 0.15) is 47.5 Å². The SMILES string of the molecule is CSCC[C@H](NC(=O)[C@@H](CC(C)C)NC(=O)CNC(=O)OC(C)(C)C)C(=O)N(C)C. The highest BCUT2D eigenvalue weighted by Crippen LogP contribution is 2.09. The van der Waals surface area contributed by atoms with Crippen molar-refractivity contribution in [3.63, 3.8) is 0 Å². The molecule has 0 unspecified atom stereocenters. The second-order valence-electron chi connectivity index (χ2n) is 8.68. The van der Waals surface area contributed by atoms with Crippen molar-refractivity contribution in [1.82, 2.24) is 20.9 Å². The summed E-state index contributed by atoms with van der Waals surface area (Å²) in [7, 11) is 3.27.